The predicted molar refractivity (Wildman–Crippen MR) is 154 cm³/mol. The molecule has 1 unspecified atom stereocenters. The van der Waals surface area contributed by atoms with Crippen LogP contribution in [0.4, 0.5) is 20.3 Å². The number of morpholine rings is 1. The minimum absolute atomic E-state index is 0.0813. The van der Waals surface area contributed by atoms with E-state index in [1.54, 1.807) is 12.1 Å². The second-order valence-electron chi connectivity index (χ2n) is 11.3. The Balaban J connectivity index is 1.16. The van der Waals surface area contributed by atoms with Crippen LogP contribution in [0.15, 0.2) is 39.8 Å². The molecule has 2 saturated heterocycles. The number of hydrogen-bond donors (Lipinski definition) is 1. The summed E-state index contributed by atoms with van der Waals surface area (Å²) < 4.78 is 53.0. The van der Waals surface area contributed by atoms with Gasteiger partial charge in [0.1, 0.15) is 22.4 Å². The van der Waals surface area contributed by atoms with E-state index in [2.05, 4.69) is 33.0 Å². The minimum Gasteiger partial charge on any atom is -0.495 e. The highest BCUT2D eigenvalue weighted by molar-refractivity contribution is 8.00. The second-order valence-corrected chi connectivity index (χ2v) is 12.1. The van der Waals surface area contributed by atoms with Crippen LogP contribution in [0.1, 0.15) is 40.7 Å². The number of fused-ring (bicyclic) bond motifs is 4. The van der Waals surface area contributed by atoms with Gasteiger partial charge in [0.05, 0.1) is 27.4 Å². The van der Waals surface area contributed by atoms with Gasteiger partial charge in [-0.25, -0.2) is 8.78 Å². The topological polar surface area (TPSA) is 89.3 Å². The van der Waals surface area contributed by atoms with Gasteiger partial charge in [-0.1, -0.05) is 11.2 Å². The molecule has 1 aromatic heterocycles. The Bertz CT molecular complexity index is 1500. The van der Waals surface area contributed by atoms with Crippen LogP contribution in [0, 0.1) is 0 Å². The van der Waals surface area contributed by atoms with E-state index < -0.39 is 18.4 Å². The largest absolute Gasteiger partial charge is 0.495 e. The lowest BCUT2D eigenvalue weighted by molar-refractivity contribution is -0.0580. The molecule has 3 fully saturated rings. The molecule has 2 aliphatic carbocycles. The highest BCUT2D eigenvalue weighted by Gasteiger charge is 2.50. The summed E-state index contributed by atoms with van der Waals surface area (Å²) >= 11 is 1.24. The van der Waals surface area contributed by atoms with E-state index in [4.69, 9.17) is 18.7 Å². The number of alkyl halides is 2. The van der Waals surface area contributed by atoms with Crippen molar-refractivity contribution in [3.8, 4) is 22.8 Å². The van der Waals surface area contributed by atoms with Crippen LogP contribution in [-0.4, -0.2) is 75.5 Å². The van der Waals surface area contributed by atoms with E-state index >= 15 is 0 Å². The first-order chi connectivity index (χ1) is 20.4. The Morgan fingerprint density at radius 3 is 2.55 bits per heavy atom. The molecule has 1 N–H and O–H groups in total. The lowest BCUT2D eigenvalue weighted by Crippen LogP contribution is -2.52. The Kier molecular flexibility index (Phi) is 6.92. The van der Waals surface area contributed by atoms with Crippen molar-refractivity contribution in [1.29, 1.82) is 0 Å². The number of amides is 1. The first kappa shape index (κ1) is 27.3. The molecule has 1 amide bonds. The average Bonchev–Trinajstić information content (AvgIpc) is 3.64. The van der Waals surface area contributed by atoms with Crippen molar-refractivity contribution in [2.24, 2.45) is 0 Å². The summed E-state index contributed by atoms with van der Waals surface area (Å²) in [6.07, 6.45) is 1.61. The molecule has 3 aromatic rings. The van der Waals surface area contributed by atoms with Crippen molar-refractivity contribution in [3.05, 3.63) is 47.0 Å². The molecule has 1 saturated carbocycles. The average molecular weight is 599 g/mol. The van der Waals surface area contributed by atoms with Crippen LogP contribution in [0.2, 0.25) is 0 Å². The smallest absolute Gasteiger partial charge is 0.260 e. The molecular formula is C30H32F2N4O5S. The monoisotopic (exact) mass is 598 g/mol. The van der Waals surface area contributed by atoms with Gasteiger partial charge in [-0.15, -0.1) is 0 Å². The zero-order valence-electron chi connectivity index (χ0n) is 23.5. The minimum atomic E-state index is -2.71. The van der Waals surface area contributed by atoms with Crippen molar-refractivity contribution in [1.82, 2.24) is 10.1 Å². The van der Waals surface area contributed by atoms with E-state index in [9.17, 15) is 13.6 Å². The molecule has 3 heterocycles. The number of aromatic nitrogens is 1. The lowest BCUT2D eigenvalue weighted by Gasteiger charge is -2.35. The maximum Gasteiger partial charge on any atom is 0.260 e. The summed E-state index contributed by atoms with van der Waals surface area (Å²) in [5.41, 5.74) is 5.03. The van der Waals surface area contributed by atoms with E-state index in [0.717, 1.165) is 54.1 Å². The van der Waals surface area contributed by atoms with Gasteiger partial charge in [0.25, 0.3) is 12.3 Å². The number of nitrogens with one attached hydrogen (secondary N) is 1. The van der Waals surface area contributed by atoms with Crippen LogP contribution in [0.5, 0.6) is 11.5 Å². The van der Waals surface area contributed by atoms with Gasteiger partial charge < -0.3 is 33.3 Å². The quantitative estimate of drug-likeness (QED) is 0.343. The van der Waals surface area contributed by atoms with E-state index in [-0.39, 0.29) is 30.7 Å². The standard InChI is InChI=1S/C30H32F2N4O5S/c1-38-23-12-17(29(37)36-10-11-40-16-22(36)27(31)32)13-24(39-2)26(23)42-34-28-20-15-30(6-7-30)21-5-4-18(35-8-3-9-35)14-19(21)25(20)41-33-28/h4-5,12-14,22,27H,3,6-11,15-16H2,1-2H3,(H,33,34). The summed E-state index contributed by atoms with van der Waals surface area (Å²) in [5.74, 6) is 1.65. The molecule has 0 bridgehead atoms. The fourth-order valence-electron chi connectivity index (χ4n) is 6.20. The third kappa shape index (κ3) is 4.55. The van der Waals surface area contributed by atoms with Crippen molar-refractivity contribution >= 4 is 29.4 Å². The predicted octanol–water partition coefficient (Wildman–Crippen LogP) is 5.38. The zero-order chi connectivity index (χ0) is 29.0. The first-order valence-corrected chi connectivity index (χ1v) is 15.0. The molecule has 2 aromatic carbocycles. The number of methoxy groups -OCH3 is 2. The van der Waals surface area contributed by atoms with E-state index in [1.807, 2.05) is 0 Å². The van der Waals surface area contributed by atoms with Gasteiger partial charge in [0.15, 0.2) is 11.6 Å². The molecule has 7 rings (SSSR count). The van der Waals surface area contributed by atoms with Gasteiger partial charge >= 0.3 is 0 Å². The molecule has 2 aliphatic heterocycles. The highest BCUT2D eigenvalue weighted by Crippen LogP contribution is 2.59. The third-order valence-electron chi connectivity index (χ3n) is 8.87. The molecule has 9 nitrogen and oxygen atoms in total. The SMILES string of the molecule is COc1cc(C(=O)N2CCOCC2C(F)F)cc(OC)c1SNc1noc2c1CC1(CC1)c1ccc(N3CCC3)cc1-2. The Hall–Kier alpha value is -3.51. The second kappa shape index (κ2) is 10.6. The number of carbonyl (C=O) groups excluding carboxylic acids is 1. The van der Waals surface area contributed by atoms with Crippen LogP contribution in [-0.2, 0) is 16.6 Å². The molecule has 12 heteroatoms. The third-order valence-corrected chi connectivity index (χ3v) is 9.77. The number of ether oxygens (including phenoxy) is 3. The Morgan fingerprint density at radius 2 is 1.90 bits per heavy atom. The first-order valence-electron chi connectivity index (χ1n) is 14.2. The Morgan fingerprint density at radius 1 is 1.14 bits per heavy atom. The van der Waals surface area contributed by atoms with Gasteiger partial charge in [-0.3, -0.25) is 4.79 Å². The number of rotatable bonds is 8. The summed E-state index contributed by atoms with van der Waals surface area (Å²) in [7, 11) is 2.98. The summed E-state index contributed by atoms with van der Waals surface area (Å²) in [4.78, 5) is 17.4. The Labute approximate surface area is 246 Å². The van der Waals surface area contributed by atoms with Crippen LogP contribution >= 0.6 is 11.9 Å². The number of nitrogens with zero attached hydrogens (tertiary/aromatic N) is 3. The fraction of sp³-hybridized carbons (Fsp3) is 0.467. The molecule has 1 atom stereocenters. The van der Waals surface area contributed by atoms with Gasteiger partial charge in [0.2, 0.25) is 0 Å². The number of carbonyl (C=O) groups is 1. The molecule has 42 heavy (non-hydrogen) atoms. The molecule has 0 radical (unpaired) electrons. The molecule has 1 spiro atoms. The van der Waals surface area contributed by atoms with E-state index in [0.29, 0.717) is 22.2 Å². The zero-order valence-corrected chi connectivity index (χ0v) is 24.3. The van der Waals surface area contributed by atoms with Crippen molar-refractivity contribution in [2.75, 3.05) is 56.7 Å². The molecule has 4 aliphatic rings. The van der Waals surface area contributed by atoms with Crippen molar-refractivity contribution in [3.63, 3.8) is 0 Å². The van der Waals surface area contributed by atoms with Gasteiger partial charge in [0, 0.05) is 47.4 Å². The summed E-state index contributed by atoms with van der Waals surface area (Å²) in [5, 5.41) is 4.41. The summed E-state index contributed by atoms with van der Waals surface area (Å²) in [6, 6.07) is 8.54. The normalized spacial score (nSPS) is 20.2. The number of benzene rings is 2. The van der Waals surface area contributed by atoms with Gasteiger partial charge in [-0.05, 0) is 67.5 Å². The van der Waals surface area contributed by atoms with Crippen molar-refractivity contribution in [2.45, 2.75) is 48.5 Å². The fourth-order valence-corrected chi connectivity index (χ4v) is 7.05. The lowest BCUT2D eigenvalue weighted by atomic mass is 9.79. The highest BCUT2D eigenvalue weighted by atomic mass is 32.2. The van der Waals surface area contributed by atoms with Crippen LogP contribution < -0.4 is 19.1 Å². The van der Waals surface area contributed by atoms with Gasteiger partial charge in [-0.2, -0.15) is 0 Å². The number of halogens is 2. The molecular weight excluding hydrogens is 566 g/mol. The number of anilines is 2. The summed E-state index contributed by atoms with van der Waals surface area (Å²) in [6.45, 7) is 2.23. The number of hydrogen-bond acceptors (Lipinski definition) is 9. The van der Waals surface area contributed by atoms with Crippen LogP contribution in [0.3, 0.4) is 0 Å². The maximum atomic E-state index is 13.6. The van der Waals surface area contributed by atoms with E-state index in [1.165, 1.54) is 43.8 Å². The molecule has 222 valence electrons. The maximum absolute atomic E-state index is 13.6. The van der Waals surface area contributed by atoms with Crippen LogP contribution in [0.25, 0.3) is 11.3 Å². The van der Waals surface area contributed by atoms with Crippen molar-refractivity contribution < 1.29 is 32.3 Å².